The van der Waals surface area contributed by atoms with Gasteiger partial charge in [-0.3, -0.25) is 10.1 Å². The number of rotatable bonds is 5. The minimum absolute atomic E-state index is 0.0361. The summed E-state index contributed by atoms with van der Waals surface area (Å²) in [6.07, 6.45) is 0.772. The van der Waals surface area contributed by atoms with Crippen LogP contribution in [-0.2, 0) is 6.54 Å². The van der Waals surface area contributed by atoms with E-state index in [4.69, 9.17) is 14.2 Å². The van der Waals surface area contributed by atoms with E-state index in [0.29, 0.717) is 24.7 Å². The molecule has 0 aromatic heterocycles. The molecular weight excluding hydrogens is 331 g/mol. The van der Waals surface area contributed by atoms with Gasteiger partial charge in [0.2, 0.25) is 5.82 Å². The fourth-order valence-corrected chi connectivity index (χ4v) is 2.60. The van der Waals surface area contributed by atoms with Crippen molar-refractivity contribution >= 4 is 11.4 Å². The van der Waals surface area contributed by atoms with E-state index in [2.05, 4.69) is 5.32 Å². The molecule has 0 fully saturated rings. The van der Waals surface area contributed by atoms with Gasteiger partial charge in [0.1, 0.15) is 11.4 Å². The molecule has 0 aliphatic carbocycles. The van der Waals surface area contributed by atoms with Gasteiger partial charge >= 0.3 is 5.69 Å². The first-order valence-corrected chi connectivity index (χ1v) is 7.73. The Balaban J connectivity index is 1.89. The van der Waals surface area contributed by atoms with Crippen molar-refractivity contribution in [1.29, 1.82) is 0 Å². The average molecular weight is 348 g/mol. The van der Waals surface area contributed by atoms with Crippen molar-refractivity contribution in [3.63, 3.8) is 0 Å². The number of anilines is 1. The van der Waals surface area contributed by atoms with Crippen LogP contribution in [0.15, 0.2) is 30.3 Å². The summed E-state index contributed by atoms with van der Waals surface area (Å²) in [7, 11) is 1.37. The van der Waals surface area contributed by atoms with Crippen LogP contribution in [-0.4, -0.2) is 25.2 Å². The van der Waals surface area contributed by atoms with Gasteiger partial charge in [0.25, 0.3) is 0 Å². The summed E-state index contributed by atoms with van der Waals surface area (Å²) < 4.78 is 30.3. The molecule has 0 bridgehead atoms. The first kappa shape index (κ1) is 16.8. The fourth-order valence-electron chi connectivity index (χ4n) is 2.60. The Morgan fingerprint density at radius 2 is 2.12 bits per heavy atom. The molecule has 132 valence electrons. The van der Waals surface area contributed by atoms with Crippen LogP contribution in [0.4, 0.5) is 15.8 Å². The zero-order chi connectivity index (χ0) is 17.8. The van der Waals surface area contributed by atoms with Crippen LogP contribution in [0.25, 0.3) is 0 Å². The highest BCUT2D eigenvalue weighted by atomic mass is 19.1. The summed E-state index contributed by atoms with van der Waals surface area (Å²) in [6.45, 7) is 1.30. The van der Waals surface area contributed by atoms with Crippen molar-refractivity contribution in [2.24, 2.45) is 0 Å². The molecule has 2 aromatic carbocycles. The van der Waals surface area contributed by atoms with Crippen LogP contribution in [0, 0.1) is 15.9 Å². The Hall–Kier alpha value is -3.03. The normalized spacial score (nSPS) is 13.0. The Morgan fingerprint density at radius 1 is 1.32 bits per heavy atom. The van der Waals surface area contributed by atoms with Gasteiger partial charge in [0, 0.05) is 30.7 Å². The van der Waals surface area contributed by atoms with Crippen molar-refractivity contribution in [3.8, 4) is 17.2 Å². The molecule has 1 N–H and O–H groups in total. The molecule has 0 radical (unpaired) electrons. The van der Waals surface area contributed by atoms with E-state index in [1.54, 1.807) is 6.07 Å². The Labute approximate surface area is 143 Å². The van der Waals surface area contributed by atoms with E-state index < -0.39 is 16.4 Å². The van der Waals surface area contributed by atoms with E-state index in [9.17, 15) is 14.5 Å². The smallest absolute Gasteiger partial charge is 0.327 e. The molecule has 1 heterocycles. The van der Waals surface area contributed by atoms with Gasteiger partial charge in [-0.05, 0) is 6.07 Å². The molecule has 1 aliphatic heterocycles. The molecule has 0 atom stereocenters. The Bertz CT molecular complexity index is 797. The zero-order valence-corrected chi connectivity index (χ0v) is 13.6. The number of fused-ring (bicyclic) bond motifs is 1. The number of para-hydroxylation sites is 1. The largest absolute Gasteiger partial charge is 0.497 e. The van der Waals surface area contributed by atoms with Crippen LogP contribution >= 0.6 is 0 Å². The number of hydrogen-bond donors (Lipinski definition) is 1. The molecule has 25 heavy (non-hydrogen) atoms. The fraction of sp³-hybridized carbons (Fsp3) is 0.294. The molecule has 0 unspecified atom stereocenters. The Kier molecular flexibility index (Phi) is 4.87. The highest BCUT2D eigenvalue weighted by molar-refractivity contribution is 5.65. The molecule has 1 aliphatic rings. The molecular formula is C17H17FN2O5. The van der Waals surface area contributed by atoms with Gasteiger partial charge < -0.3 is 19.5 Å². The van der Waals surface area contributed by atoms with E-state index in [1.807, 2.05) is 12.1 Å². The third-order valence-corrected chi connectivity index (χ3v) is 3.78. The number of nitro benzene ring substituents is 1. The van der Waals surface area contributed by atoms with Crippen LogP contribution in [0.5, 0.6) is 17.2 Å². The van der Waals surface area contributed by atoms with Crippen LogP contribution < -0.4 is 19.5 Å². The van der Waals surface area contributed by atoms with E-state index in [-0.39, 0.29) is 18.0 Å². The number of methoxy groups -OCH3 is 1. The lowest BCUT2D eigenvalue weighted by atomic mass is 10.1. The number of hydrogen-bond acceptors (Lipinski definition) is 6. The third kappa shape index (κ3) is 3.57. The summed E-state index contributed by atoms with van der Waals surface area (Å²) in [5.74, 6) is 0.456. The number of nitrogens with zero attached hydrogens (tertiary/aromatic N) is 1. The zero-order valence-electron chi connectivity index (χ0n) is 13.6. The van der Waals surface area contributed by atoms with E-state index >= 15 is 0 Å². The van der Waals surface area contributed by atoms with Gasteiger partial charge in [-0.1, -0.05) is 12.1 Å². The summed E-state index contributed by atoms with van der Waals surface area (Å²) in [4.78, 5) is 10.4. The van der Waals surface area contributed by atoms with Crippen molar-refractivity contribution in [1.82, 2.24) is 0 Å². The summed E-state index contributed by atoms with van der Waals surface area (Å²) in [5, 5.41) is 14.1. The minimum atomic E-state index is -0.960. The molecule has 7 nitrogen and oxygen atoms in total. The molecule has 8 heteroatoms. The van der Waals surface area contributed by atoms with Gasteiger partial charge in [-0.2, -0.15) is 4.39 Å². The molecule has 0 spiro atoms. The Morgan fingerprint density at radius 3 is 2.88 bits per heavy atom. The second-order valence-corrected chi connectivity index (χ2v) is 5.41. The van der Waals surface area contributed by atoms with E-state index in [1.165, 1.54) is 13.2 Å². The first-order valence-electron chi connectivity index (χ1n) is 7.73. The van der Waals surface area contributed by atoms with Gasteiger partial charge in [-0.25, -0.2) is 0 Å². The van der Waals surface area contributed by atoms with Gasteiger partial charge in [0.15, 0.2) is 11.5 Å². The summed E-state index contributed by atoms with van der Waals surface area (Å²) in [5.41, 5.74) is 0.172. The topological polar surface area (TPSA) is 82.9 Å². The quantitative estimate of drug-likeness (QED) is 0.658. The van der Waals surface area contributed by atoms with Crippen molar-refractivity contribution in [3.05, 3.63) is 51.8 Å². The number of nitrogens with one attached hydrogen (secondary N) is 1. The molecule has 0 amide bonds. The van der Waals surface area contributed by atoms with Crippen LogP contribution in [0.2, 0.25) is 0 Å². The van der Waals surface area contributed by atoms with Gasteiger partial charge in [-0.15, -0.1) is 0 Å². The second-order valence-electron chi connectivity index (χ2n) is 5.41. The predicted octanol–water partition coefficient (Wildman–Crippen LogP) is 3.52. The molecule has 3 rings (SSSR count). The highest BCUT2D eigenvalue weighted by Crippen LogP contribution is 2.36. The lowest BCUT2D eigenvalue weighted by Crippen LogP contribution is -2.07. The first-order chi connectivity index (χ1) is 12.1. The SMILES string of the molecule is COc1cc(F)c([N+](=O)[O-])c(NCc2cccc3c2OCCCO3)c1. The maximum absolute atomic E-state index is 14.0. The van der Waals surface area contributed by atoms with Gasteiger partial charge in [0.05, 0.1) is 25.2 Å². The molecule has 0 saturated heterocycles. The number of halogens is 1. The molecule has 2 aromatic rings. The summed E-state index contributed by atoms with van der Waals surface area (Å²) in [6, 6.07) is 7.81. The number of ether oxygens (including phenoxy) is 3. The van der Waals surface area contributed by atoms with Crippen molar-refractivity contribution in [2.75, 3.05) is 25.6 Å². The lowest BCUT2D eigenvalue weighted by Gasteiger charge is -2.14. The van der Waals surface area contributed by atoms with Crippen molar-refractivity contribution in [2.45, 2.75) is 13.0 Å². The maximum atomic E-state index is 14.0. The number of nitro groups is 1. The highest BCUT2D eigenvalue weighted by Gasteiger charge is 2.23. The maximum Gasteiger partial charge on any atom is 0.327 e. The van der Waals surface area contributed by atoms with Crippen LogP contribution in [0.1, 0.15) is 12.0 Å². The standard InChI is InChI=1S/C17H17FN2O5/c1-23-12-8-13(18)16(20(21)22)14(9-12)19-10-11-4-2-5-15-17(11)25-7-3-6-24-15/h2,4-5,8-9,19H,3,6-7,10H2,1H3. The number of benzene rings is 2. The monoisotopic (exact) mass is 348 g/mol. The lowest BCUT2D eigenvalue weighted by molar-refractivity contribution is -0.386. The predicted molar refractivity (Wildman–Crippen MR) is 89.0 cm³/mol. The summed E-state index contributed by atoms with van der Waals surface area (Å²) >= 11 is 0. The van der Waals surface area contributed by atoms with E-state index in [0.717, 1.165) is 18.1 Å². The van der Waals surface area contributed by atoms with Crippen LogP contribution in [0.3, 0.4) is 0 Å². The third-order valence-electron chi connectivity index (χ3n) is 3.78. The van der Waals surface area contributed by atoms with Crippen molar-refractivity contribution < 1.29 is 23.5 Å². The average Bonchev–Trinajstić information content (AvgIpc) is 2.84. The minimum Gasteiger partial charge on any atom is -0.497 e. The molecule has 0 saturated carbocycles. The second kappa shape index (κ2) is 7.25.